The fraction of sp³-hybridized carbons (Fsp3) is 0.0500. The van der Waals surface area contributed by atoms with E-state index in [1.165, 1.54) is 12.1 Å². The van der Waals surface area contributed by atoms with Gasteiger partial charge in [-0.25, -0.2) is 4.98 Å². The molecular formula is C20H16N4O3S. The first-order chi connectivity index (χ1) is 13.4. The molecular weight excluding hydrogens is 376 g/mol. The number of aromatic nitrogens is 1. The third-order valence-electron chi connectivity index (χ3n) is 4.03. The molecule has 2 aromatic carbocycles. The summed E-state index contributed by atoms with van der Waals surface area (Å²) in [7, 11) is 0. The number of aromatic hydroxyl groups is 1. The molecule has 3 aromatic rings. The van der Waals surface area contributed by atoms with Crippen LogP contribution in [-0.4, -0.2) is 21.2 Å². The number of nitrogens with two attached hydrogens (primary N) is 2. The van der Waals surface area contributed by atoms with Gasteiger partial charge in [0.1, 0.15) is 27.9 Å². The highest BCUT2D eigenvalue weighted by molar-refractivity contribution is 8.00. The predicted molar refractivity (Wildman–Crippen MR) is 108 cm³/mol. The molecule has 1 heterocycles. The number of anilines is 2. The molecule has 28 heavy (non-hydrogen) atoms. The van der Waals surface area contributed by atoms with Gasteiger partial charge in [-0.1, -0.05) is 54.2 Å². The molecule has 0 radical (unpaired) electrons. The van der Waals surface area contributed by atoms with Crippen molar-refractivity contribution < 1.29 is 15.0 Å². The van der Waals surface area contributed by atoms with Gasteiger partial charge < -0.3 is 21.7 Å². The molecule has 1 aromatic heterocycles. The van der Waals surface area contributed by atoms with Gasteiger partial charge in [0.05, 0.1) is 11.3 Å². The Labute approximate surface area is 165 Å². The number of carboxylic acid groups (broad SMARTS) is 1. The zero-order chi connectivity index (χ0) is 20.3. The number of carboxylic acids is 1. The van der Waals surface area contributed by atoms with E-state index in [9.17, 15) is 20.3 Å². The second-order valence-electron chi connectivity index (χ2n) is 5.87. The van der Waals surface area contributed by atoms with Gasteiger partial charge in [-0.15, -0.1) is 0 Å². The molecule has 0 amide bonds. The minimum absolute atomic E-state index is 0.00178. The third-order valence-corrected chi connectivity index (χ3v) is 5.26. The van der Waals surface area contributed by atoms with Crippen LogP contribution < -0.4 is 11.5 Å². The van der Waals surface area contributed by atoms with Gasteiger partial charge >= 0.3 is 5.97 Å². The molecule has 0 saturated heterocycles. The third kappa shape index (κ3) is 3.70. The van der Waals surface area contributed by atoms with Crippen molar-refractivity contribution >= 4 is 29.2 Å². The Morgan fingerprint density at radius 1 is 1.14 bits per heavy atom. The maximum Gasteiger partial charge on any atom is 0.321 e. The van der Waals surface area contributed by atoms with E-state index >= 15 is 0 Å². The van der Waals surface area contributed by atoms with Crippen molar-refractivity contribution in [1.82, 2.24) is 4.98 Å². The largest absolute Gasteiger partial charge is 0.508 e. The first kappa shape index (κ1) is 19.1. The molecule has 0 fully saturated rings. The van der Waals surface area contributed by atoms with E-state index in [4.69, 9.17) is 11.5 Å². The van der Waals surface area contributed by atoms with Crippen molar-refractivity contribution in [2.75, 3.05) is 11.5 Å². The minimum Gasteiger partial charge on any atom is -0.508 e. The Balaban J connectivity index is 2.17. The van der Waals surface area contributed by atoms with Crippen LogP contribution in [0.1, 0.15) is 16.4 Å². The topological polar surface area (TPSA) is 146 Å². The smallest absolute Gasteiger partial charge is 0.321 e. The Morgan fingerprint density at radius 3 is 2.46 bits per heavy atom. The molecule has 0 aliphatic heterocycles. The summed E-state index contributed by atoms with van der Waals surface area (Å²) in [4.78, 5) is 16.0. The summed E-state index contributed by atoms with van der Waals surface area (Å²) in [6, 6.07) is 16.9. The number of nitriles is 1. The number of nitrogens with zero attached hydrogens (tertiary/aromatic N) is 2. The highest BCUT2D eigenvalue weighted by Crippen LogP contribution is 2.42. The summed E-state index contributed by atoms with van der Waals surface area (Å²) in [5, 5.41) is 28.4. The molecule has 3 rings (SSSR count). The van der Waals surface area contributed by atoms with Gasteiger partial charge in [-0.3, -0.25) is 4.79 Å². The number of thioether (sulfide) groups is 1. The van der Waals surface area contributed by atoms with Crippen LogP contribution in [0.3, 0.4) is 0 Å². The van der Waals surface area contributed by atoms with Crippen LogP contribution in [0.25, 0.3) is 11.1 Å². The van der Waals surface area contributed by atoms with Crippen LogP contribution in [-0.2, 0) is 4.79 Å². The zero-order valence-electron chi connectivity index (χ0n) is 14.5. The molecule has 7 nitrogen and oxygen atoms in total. The molecule has 8 heteroatoms. The number of phenolic OH excluding ortho intramolecular Hbond substituents is 1. The first-order valence-corrected chi connectivity index (χ1v) is 9.03. The Morgan fingerprint density at radius 2 is 1.86 bits per heavy atom. The average Bonchev–Trinajstić information content (AvgIpc) is 2.68. The SMILES string of the molecule is N#Cc1c(SC(C(=O)O)c2ccccc2)nc(N)c(N)c1-c1cccc(O)c1. The molecule has 0 saturated carbocycles. The van der Waals surface area contributed by atoms with E-state index in [1.54, 1.807) is 42.5 Å². The van der Waals surface area contributed by atoms with Crippen LogP contribution >= 0.6 is 11.8 Å². The fourth-order valence-electron chi connectivity index (χ4n) is 2.75. The second kappa shape index (κ2) is 7.90. The lowest BCUT2D eigenvalue weighted by Gasteiger charge is -2.17. The van der Waals surface area contributed by atoms with E-state index < -0.39 is 11.2 Å². The molecule has 1 atom stereocenters. The fourth-order valence-corrected chi connectivity index (χ4v) is 3.78. The molecule has 0 aliphatic carbocycles. The van der Waals surface area contributed by atoms with Crippen molar-refractivity contribution in [3.63, 3.8) is 0 Å². The summed E-state index contributed by atoms with van der Waals surface area (Å²) in [5.74, 6) is -1.09. The number of hydrogen-bond acceptors (Lipinski definition) is 7. The minimum atomic E-state index is -1.07. The predicted octanol–water partition coefficient (Wildman–Crippen LogP) is 3.41. The number of nitrogen functional groups attached to an aromatic ring is 2. The summed E-state index contributed by atoms with van der Waals surface area (Å²) >= 11 is 0.906. The zero-order valence-corrected chi connectivity index (χ0v) is 15.4. The molecule has 1 unspecified atom stereocenters. The average molecular weight is 392 g/mol. The van der Waals surface area contributed by atoms with Crippen LogP contribution in [0.5, 0.6) is 5.75 Å². The van der Waals surface area contributed by atoms with Gasteiger partial charge in [-0.2, -0.15) is 5.26 Å². The molecule has 140 valence electrons. The lowest BCUT2D eigenvalue weighted by atomic mass is 10.00. The number of pyridine rings is 1. The standard InChI is InChI=1S/C20H16N4O3S/c21-10-14-15(12-7-4-8-13(25)9-12)16(22)18(23)24-19(14)28-17(20(26)27)11-5-2-1-3-6-11/h1-9,17,25H,22H2,(H2,23,24)(H,26,27). The monoisotopic (exact) mass is 392 g/mol. The van der Waals surface area contributed by atoms with Crippen molar-refractivity contribution in [2.24, 2.45) is 0 Å². The number of carbonyl (C=O) groups is 1. The van der Waals surface area contributed by atoms with Crippen molar-refractivity contribution in [1.29, 1.82) is 5.26 Å². The Kier molecular flexibility index (Phi) is 5.38. The quantitative estimate of drug-likeness (QED) is 0.483. The molecule has 6 N–H and O–H groups in total. The van der Waals surface area contributed by atoms with Crippen molar-refractivity contribution in [2.45, 2.75) is 10.3 Å². The Hall–Kier alpha value is -3.70. The lowest BCUT2D eigenvalue weighted by Crippen LogP contribution is -2.10. The molecule has 0 bridgehead atoms. The summed E-state index contributed by atoms with van der Waals surface area (Å²) in [5.41, 5.74) is 13.6. The summed E-state index contributed by atoms with van der Waals surface area (Å²) < 4.78 is 0. The van der Waals surface area contributed by atoms with Crippen LogP contribution in [0.15, 0.2) is 59.6 Å². The van der Waals surface area contributed by atoms with E-state index in [1.807, 2.05) is 0 Å². The molecule has 0 spiro atoms. The number of phenols is 1. The first-order valence-electron chi connectivity index (χ1n) is 8.15. The van der Waals surface area contributed by atoms with Gasteiger partial charge in [0, 0.05) is 5.56 Å². The highest BCUT2D eigenvalue weighted by Gasteiger charge is 2.26. The Bertz CT molecular complexity index is 1080. The van der Waals surface area contributed by atoms with E-state index in [2.05, 4.69) is 11.1 Å². The van der Waals surface area contributed by atoms with Crippen molar-refractivity contribution in [3.05, 3.63) is 65.7 Å². The van der Waals surface area contributed by atoms with Gasteiger partial charge in [0.25, 0.3) is 0 Å². The van der Waals surface area contributed by atoms with Crippen LogP contribution in [0.4, 0.5) is 11.5 Å². The van der Waals surface area contributed by atoms with Crippen molar-refractivity contribution in [3.8, 4) is 22.9 Å². The second-order valence-corrected chi connectivity index (χ2v) is 6.97. The van der Waals surface area contributed by atoms with Crippen LogP contribution in [0, 0.1) is 11.3 Å². The van der Waals surface area contributed by atoms with Gasteiger partial charge in [0.15, 0.2) is 0 Å². The summed E-state index contributed by atoms with van der Waals surface area (Å²) in [6.07, 6.45) is 0. The lowest BCUT2D eigenvalue weighted by molar-refractivity contribution is -0.136. The molecule has 0 aliphatic rings. The number of benzene rings is 2. The van der Waals surface area contributed by atoms with Gasteiger partial charge in [-0.05, 0) is 23.3 Å². The van der Waals surface area contributed by atoms with E-state index in [0.717, 1.165) is 11.8 Å². The normalized spacial score (nSPS) is 11.5. The number of hydrogen-bond donors (Lipinski definition) is 4. The number of rotatable bonds is 5. The maximum absolute atomic E-state index is 11.8. The van der Waals surface area contributed by atoms with Gasteiger partial charge in [0.2, 0.25) is 0 Å². The van der Waals surface area contributed by atoms with E-state index in [0.29, 0.717) is 16.7 Å². The number of aliphatic carboxylic acids is 1. The van der Waals surface area contributed by atoms with E-state index in [-0.39, 0.29) is 27.8 Å². The van der Waals surface area contributed by atoms with Crippen LogP contribution in [0.2, 0.25) is 0 Å². The highest BCUT2D eigenvalue weighted by atomic mass is 32.2. The maximum atomic E-state index is 11.8. The summed E-state index contributed by atoms with van der Waals surface area (Å²) in [6.45, 7) is 0.